The Labute approximate surface area is 176 Å². The fourth-order valence-electron chi connectivity index (χ4n) is 5.24. The van der Waals surface area contributed by atoms with E-state index in [1.165, 1.54) is 37.0 Å². The lowest BCUT2D eigenvalue weighted by atomic mass is 9.72. The molecule has 2 fully saturated rings. The van der Waals surface area contributed by atoms with Crippen LogP contribution >= 0.6 is 0 Å². The van der Waals surface area contributed by atoms with Gasteiger partial charge in [0.05, 0.1) is 12.7 Å². The highest BCUT2D eigenvalue weighted by Gasteiger charge is 2.44. The molecule has 166 valence electrons. The van der Waals surface area contributed by atoms with E-state index >= 15 is 0 Å². The van der Waals surface area contributed by atoms with Crippen LogP contribution in [-0.2, 0) is 15.9 Å². The molecular formula is C24H31F3O3. The molecular weight excluding hydrogens is 393 g/mol. The zero-order valence-electron chi connectivity index (χ0n) is 17.5. The van der Waals surface area contributed by atoms with Gasteiger partial charge in [-0.05, 0) is 81.4 Å². The summed E-state index contributed by atoms with van der Waals surface area (Å²) >= 11 is 0. The van der Waals surface area contributed by atoms with E-state index in [1.807, 2.05) is 0 Å². The lowest BCUT2D eigenvalue weighted by Gasteiger charge is -2.39. The van der Waals surface area contributed by atoms with Crippen molar-refractivity contribution >= 4 is 0 Å². The minimum Gasteiger partial charge on any atom is -0.406 e. The maximum Gasteiger partial charge on any atom is 0.573 e. The fourth-order valence-corrected chi connectivity index (χ4v) is 5.24. The summed E-state index contributed by atoms with van der Waals surface area (Å²) in [6.45, 7) is 2.80. The number of hydrogen-bond donors (Lipinski definition) is 0. The first-order chi connectivity index (χ1) is 14.3. The number of halogens is 3. The van der Waals surface area contributed by atoms with E-state index in [-0.39, 0.29) is 17.6 Å². The van der Waals surface area contributed by atoms with E-state index in [4.69, 9.17) is 9.47 Å². The summed E-state index contributed by atoms with van der Waals surface area (Å²) in [6, 6.07) is 6.23. The first-order valence-corrected chi connectivity index (χ1v) is 11.1. The van der Waals surface area contributed by atoms with E-state index in [2.05, 4.69) is 17.7 Å². The molecule has 4 rings (SSSR count). The van der Waals surface area contributed by atoms with Crippen LogP contribution in [0.5, 0.6) is 5.75 Å². The summed E-state index contributed by atoms with van der Waals surface area (Å²) < 4.78 is 52.7. The second-order valence-electron chi connectivity index (χ2n) is 9.08. The topological polar surface area (TPSA) is 27.7 Å². The monoisotopic (exact) mass is 424 g/mol. The molecule has 1 saturated carbocycles. The van der Waals surface area contributed by atoms with Crippen LogP contribution < -0.4 is 4.74 Å². The molecule has 0 amide bonds. The van der Waals surface area contributed by atoms with Crippen molar-refractivity contribution in [3.63, 3.8) is 0 Å². The second kappa shape index (κ2) is 8.91. The zero-order valence-corrected chi connectivity index (χ0v) is 17.5. The Morgan fingerprint density at radius 3 is 2.33 bits per heavy atom. The first kappa shape index (κ1) is 21.7. The van der Waals surface area contributed by atoms with Gasteiger partial charge in [0.15, 0.2) is 5.79 Å². The third-order valence-electron chi connectivity index (χ3n) is 6.89. The molecule has 3 nitrogen and oxygen atoms in total. The van der Waals surface area contributed by atoms with Gasteiger partial charge in [0, 0.05) is 12.8 Å². The second-order valence-corrected chi connectivity index (χ2v) is 9.08. The van der Waals surface area contributed by atoms with Crippen molar-refractivity contribution in [2.45, 2.75) is 83.0 Å². The van der Waals surface area contributed by atoms with Gasteiger partial charge in [-0.25, -0.2) is 0 Å². The van der Waals surface area contributed by atoms with Crippen molar-refractivity contribution in [2.75, 3.05) is 6.61 Å². The molecule has 1 saturated heterocycles. The van der Waals surface area contributed by atoms with E-state index in [9.17, 15) is 13.2 Å². The minimum atomic E-state index is -4.64. The molecule has 1 heterocycles. The van der Waals surface area contributed by atoms with Gasteiger partial charge in [0.2, 0.25) is 0 Å². The van der Waals surface area contributed by atoms with Gasteiger partial charge in [0.25, 0.3) is 0 Å². The highest BCUT2D eigenvalue weighted by molar-refractivity contribution is 5.28. The fraction of sp³-hybridized carbons (Fsp3) is 0.667. The van der Waals surface area contributed by atoms with Crippen LogP contribution in [0.3, 0.4) is 0 Å². The minimum absolute atomic E-state index is 0.164. The van der Waals surface area contributed by atoms with Gasteiger partial charge in [-0.15, -0.1) is 13.2 Å². The third-order valence-corrected chi connectivity index (χ3v) is 6.89. The summed E-state index contributed by atoms with van der Waals surface area (Å²) in [6.07, 6.45) is 7.72. The number of aryl methyl sites for hydroxylation is 1. The normalized spacial score (nSPS) is 32.3. The highest BCUT2D eigenvalue weighted by Crippen LogP contribution is 2.45. The lowest BCUT2D eigenvalue weighted by molar-refractivity contribution is -0.274. The maximum atomic E-state index is 12.2. The highest BCUT2D eigenvalue weighted by atomic mass is 19.4. The Morgan fingerprint density at radius 1 is 1.03 bits per heavy atom. The van der Waals surface area contributed by atoms with E-state index < -0.39 is 6.36 Å². The van der Waals surface area contributed by atoms with Crippen LogP contribution in [0.2, 0.25) is 0 Å². The average Bonchev–Trinajstić information content (AvgIpc) is 3.07. The Morgan fingerprint density at radius 2 is 1.77 bits per heavy atom. The smallest absolute Gasteiger partial charge is 0.406 e. The van der Waals surface area contributed by atoms with Crippen LogP contribution in [-0.4, -0.2) is 24.9 Å². The zero-order chi connectivity index (χ0) is 21.2. The maximum absolute atomic E-state index is 12.2. The van der Waals surface area contributed by atoms with Crippen molar-refractivity contribution < 1.29 is 27.4 Å². The van der Waals surface area contributed by atoms with Gasteiger partial charge >= 0.3 is 6.36 Å². The van der Waals surface area contributed by atoms with Crippen LogP contribution in [0, 0.1) is 11.8 Å². The molecule has 6 heteroatoms. The summed E-state index contributed by atoms with van der Waals surface area (Å²) in [7, 11) is 0. The predicted molar refractivity (Wildman–Crippen MR) is 108 cm³/mol. The summed E-state index contributed by atoms with van der Waals surface area (Å²) in [5.74, 6) is 1.05. The van der Waals surface area contributed by atoms with Crippen LogP contribution in [0.25, 0.3) is 0 Å². The summed E-state index contributed by atoms with van der Waals surface area (Å²) in [5.41, 5.74) is 2.52. The van der Waals surface area contributed by atoms with Gasteiger partial charge in [-0.1, -0.05) is 23.8 Å². The number of allylic oxidation sites excluding steroid dienone is 2. The van der Waals surface area contributed by atoms with Crippen LogP contribution in [0.4, 0.5) is 13.2 Å². The van der Waals surface area contributed by atoms with Crippen molar-refractivity contribution in [2.24, 2.45) is 11.8 Å². The predicted octanol–water partition coefficient (Wildman–Crippen LogP) is 6.57. The first-order valence-electron chi connectivity index (χ1n) is 11.1. The van der Waals surface area contributed by atoms with Crippen LogP contribution in [0.15, 0.2) is 35.9 Å². The molecule has 30 heavy (non-hydrogen) atoms. The number of ether oxygens (including phenoxy) is 3. The van der Waals surface area contributed by atoms with Crippen LogP contribution in [0.1, 0.15) is 63.9 Å². The molecule has 1 aliphatic heterocycles. The molecule has 0 aromatic heterocycles. The average molecular weight is 425 g/mol. The molecule has 0 N–H and O–H groups in total. The Bertz CT molecular complexity index is 733. The Balaban J connectivity index is 1.21. The van der Waals surface area contributed by atoms with Gasteiger partial charge in [-0.3, -0.25) is 0 Å². The number of benzene rings is 1. The number of alkyl halides is 3. The largest absolute Gasteiger partial charge is 0.573 e. The van der Waals surface area contributed by atoms with E-state index in [0.29, 0.717) is 0 Å². The standard InChI is InChI=1S/C24H31F3O3/c1-17-16-28-23(29-17)14-12-21(13-15-23)20-8-4-18(5-9-20)2-3-19-6-10-22(11-7-19)30-24(25,26)27/h4,6-7,10-11,17,20-21H,2-3,5,8-9,12-16H2,1H3. The number of rotatable bonds is 5. The SMILES string of the molecule is CC1COC2(CCC(C3CC=C(CCc4ccc(OC(F)(F)F)cc4)CC3)CC2)O1. The third kappa shape index (κ3) is 5.58. The lowest BCUT2D eigenvalue weighted by Crippen LogP contribution is -2.37. The van der Waals surface area contributed by atoms with Gasteiger partial charge in [-0.2, -0.15) is 0 Å². The molecule has 1 aromatic rings. The number of hydrogen-bond acceptors (Lipinski definition) is 3. The quantitative estimate of drug-likeness (QED) is 0.501. The molecule has 2 atom stereocenters. The van der Waals surface area contributed by atoms with Crippen molar-refractivity contribution in [1.29, 1.82) is 0 Å². The molecule has 3 aliphatic rings. The van der Waals surface area contributed by atoms with E-state index in [0.717, 1.165) is 62.5 Å². The summed E-state index contributed by atoms with van der Waals surface area (Å²) in [4.78, 5) is 0. The summed E-state index contributed by atoms with van der Waals surface area (Å²) in [5, 5.41) is 0. The van der Waals surface area contributed by atoms with E-state index in [1.54, 1.807) is 12.1 Å². The van der Waals surface area contributed by atoms with Crippen molar-refractivity contribution in [3.05, 3.63) is 41.5 Å². The molecule has 2 unspecified atom stereocenters. The van der Waals surface area contributed by atoms with Crippen molar-refractivity contribution in [1.82, 2.24) is 0 Å². The molecule has 1 aromatic carbocycles. The Kier molecular flexibility index (Phi) is 6.44. The molecule has 2 aliphatic carbocycles. The molecule has 1 spiro atoms. The van der Waals surface area contributed by atoms with Gasteiger partial charge < -0.3 is 14.2 Å². The Hall–Kier alpha value is -1.53. The molecule has 0 radical (unpaired) electrons. The van der Waals surface area contributed by atoms with Gasteiger partial charge in [0.1, 0.15) is 5.75 Å². The molecule has 0 bridgehead atoms. The van der Waals surface area contributed by atoms with Crippen molar-refractivity contribution in [3.8, 4) is 5.75 Å².